The molecule has 2 nitrogen and oxygen atoms in total. The summed E-state index contributed by atoms with van der Waals surface area (Å²) < 4.78 is 1.15. The lowest BCUT2D eigenvalue weighted by molar-refractivity contribution is 0.595. The average Bonchev–Trinajstić information content (AvgIpc) is 2.36. The van der Waals surface area contributed by atoms with Crippen LogP contribution in [-0.2, 0) is 0 Å². The van der Waals surface area contributed by atoms with Gasteiger partial charge >= 0.3 is 0 Å². The highest BCUT2D eigenvalue weighted by molar-refractivity contribution is 9.10. The van der Waals surface area contributed by atoms with Crippen LogP contribution in [0.1, 0.15) is 45.7 Å². The summed E-state index contributed by atoms with van der Waals surface area (Å²) in [7, 11) is 0. The van der Waals surface area contributed by atoms with Crippen molar-refractivity contribution in [2.24, 2.45) is 0 Å². The Morgan fingerprint density at radius 2 is 2.00 bits per heavy atom. The van der Waals surface area contributed by atoms with Crippen LogP contribution in [0.4, 0.5) is 5.69 Å². The van der Waals surface area contributed by atoms with Gasteiger partial charge in [0.15, 0.2) is 0 Å². The van der Waals surface area contributed by atoms with E-state index in [-0.39, 0.29) is 0 Å². The summed E-state index contributed by atoms with van der Waals surface area (Å²) in [6.07, 6.45) is 1.18. The van der Waals surface area contributed by atoms with E-state index in [1.807, 2.05) is 0 Å². The summed E-state index contributed by atoms with van der Waals surface area (Å²) in [6.45, 7) is 12.0. The quantitative estimate of drug-likeness (QED) is 0.805. The maximum absolute atomic E-state index is 3.59. The van der Waals surface area contributed by atoms with Gasteiger partial charge in [-0.05, 0) is 44.5 Å². The number of nitrogens with one attached hydrogen (secondary N) is 1. The first kappa shape index (κ1) is 15.5. The van der Waals surface area contributed by atoms with Crippen LogP contribution in [0.5, 0.6) is 0 Å². The van der Waals surface area contributed by atoms with Crippen molar-refractivity contribution in [2.45, 2.75) is 40.2 Å². The van der Waals surface area contributed by atoms with E-state index in [0.29, 0.717) is 6.04 Å². The summed E-state index contributed by atoms with van der Waals surface area (Å²) in [5.74, 6) is 0. The second kappa shape index (κ2) is 7.80. The molecule has 0 fully saturated rings. The van der Waals surface area contributed by atoms with E-state index < -0.39 is 0 Å². The summed E-state index contributed by atoms with van der Waals surface area (Å²) in [4.78, 5) is 2.45. The Morgan fingerprint density at radius 3 is 2.56 bits per heavy atom. The number of hydrogen-bond acceptors (Lipinski definition) is 2. The fraction of sp³-hybridized carbons (Fsp3) is 0.600. The molecule has 0 amide bonds. The van der Waals surface area contributed by atoms with Gasteiger partial charge in [-0.25, -0.2) is 0 Å². The van der Waals surface area contributed by atoms with Gasteiger partial charge in [0, 0.05) is 29.3 Å². The molecule has 0 bridgehead atoms. The smallest absolute Gasteiger partial charge is 0.0425 e. The minimum Gasteiger partial charge on any atom is -0.372 e. The maximum atomic E-state index is 3.59. The summed E-state index contributed by atoms with van der Waals surface area (Å²) in [5.41, 5.74) is 2.73. The van der Waals surface area contributed by atoms with Gasteiger partial charge in [-0.3, -0.25) is 0 Å². The molecule has 18 heavy (non-hydrogen) atoms. The molecule has 1 aromatic carbocycles. The minimum atomic E-state index is 0.393. The van der Waals surface area contributed by atoms with E-state index in [2.05, 4.69) is 72.0 Å². The molecular formula is C15H25BrN2. The Bertz CT molecular complexity index is 366. The van der Waals surface area contributed by atoms with Crippen LogP contribution in [-0.4, -0.2) is 19.6 Å². The lowest BCUT2D eigenvalue weighted by atomic mass is 10.0. The van der Waals surface area contributed by atoms with Crippen LogP contribution in [0.3, 0.4) is 0 Å². The van der Waals surface area contributed by atoms with Crippen LogP contribution in [0.15, 0.2) is 22.7 Å². The van der Waals surface area contributed by atoms with Crippen molar-refractivity contribution in [1.29, 1.82) is 0 Å². The van der Waals surface area contributed by atoms with Gasteiger partial charge in [-0.1, -0.05) is 35.8 Å². The first-order valence-corrected chi connectivity index (χ1v) is 7.71. The third-order valence-electron chi connectivity index (χ3n) is 3.19. The van der Waals surface area contributed by atoms with Gasteiger partial charge < -0.3 is 10.2 Å². The number of rotatable bonds is 7. The third kappa shape index (κ3) is 3.99. The lowest BCUT2D eigenvalue weighted by Crippen LogP contribution is -2.27. The van der Waals surface area contributed by atoms with Crippen molar-refractivity contribution in [3.63, 3.8) is 0 Å². The molecule has 0 aliphatic carbocycles. The van der Waals surface area contributed by atoms with E-state index >= 15 is 0 Å². The summed E-state index contributed by atoms with van der Waals surface area (Å²) in [6, 6.07) is 6.99. The summed E-state index contributed by atoms with van der Waals surface area (Å²) in [5, 5.41) is 3.50. The molecule has 1 N–H and O–H groups in total. The highest BCUT2D eigenvalue weighted by atomic mass is 79.9. The van der Waals surface area contributed by atoms with Crippen LogP contribution >= 0.6 is 15.9 Å². The van der Waals surface area contributed by atoms with Gasteiger partial charge in [-0.15, -0.1) is 0 Å². The predicted octanol–water partition coefficient (Wildman–Crippen LogP) is 4.36. The highest BCUT2D eigenvalue weighted by Gasteiger charge is 2.14. The van der Waals surface area contributed by atoms with Crippen molar-refractivity contribution < 1.29 is 0 Å². The number of benzene rings is 1. The molecule has 0 aromatic heterocycles. The van der Waals surface area contributed by atoms with Gasteiger partial charge in [0.2, 0.25) is 0 Å². The molecule has 1 atom stereocenters. The number of hydrogen-bond donors (Lipinski definition) is 1. The van der Waals surface area contributed by atoms with Crippen molar-refractivity contribution in [1.82, 2.24) is 5.32 Å². The second-order valence-corrected chi connectivity index (χ2v) is 5.48. The lowest BCUT2D eigenvalue weighted by Gasteiger charge is -2.28. The zero-order valence-electron chi connectivity index (χ0n) is 12.0. The molecule has 0 saturated carbocycles. The third-order valence-corrected chi connectivity index (χ3v) is 3.68. The maximum Gasteiger partial charge on any atom is 0.0425 e. The molecule has 1 aromatic rings. The van der Waals surface area contributed by atoms with E-state index in [9.17, 15) is 0 Å². The fourth-order valence-electron chi connectivity index (χ4n) is 2.29. The summed E-state index contributed by atoms with van der Waals surface area (Å²) >= 11 is 3.59. The molecule has 102 valence electrons. The van der Waals surface area contributed by atoms with Gasteiger partial charge in [-0.2, -0.15) is 0 Å². The molecule has 1 rings (SSSR count). The Balaban J connectivity index is 3.09. The average molecular weight is 313 g/mol. The van der Waals surface area contributed by atoms with Crippen LogP contribution < -0.4 is 10.2 Å². The minimum absolute atomic E-state index is 0.393. The molecular weight excluding hydrogens is 288 g/mol. The molecule has 0 spiro atoms. The number of nitrogens with zero attached hydrogens (tertiary/aromatic N) is 1. The van der Waals surface area contributed by atoms with Crippen molar-refractivity contribution in [3.05, 3.63) is 28.2 Å². The van der Waals surface area contributed by atoms with Crippen molar-refractivity contribution in [2.75, 3.05) is 24.5 Å². The van der Waals surface area contributed by atoms with Crippen molar-refractivity contribution >= 4 is 21.6 Å². The SMILES string of the molecule is CCCN(CC)c1cc(Br)ccc1C(C)NCC. The standard InChI is InChI=1S/C15H25BrN2/c1-5-10-18(7-3)15-11-13(16)8-9-14(15)12(4)17-6-2/h8-9,11-12,17H,5-7,10H2,1-4H3. The molecule has 0 heterocycles. The Labute approximate surface area is 120 Å². The van der Waals surface area contributed by atoms with E-state index in [1.165, 1.54) is 17.7 Å². The normalized spacial score (nSPS) is 12.5. The zero-order chi connectivity index (χ0) is 13.5. The van der Waals surface area contributed by atoms with E-state index in [4.69, 9.17) is 0 Å². The molecule has 3 heteroatoms. The molecule has 0 saturated heterocycles. The van der Waals surface area contributed by atoms with E-state index in [0.717, 1.165) is 24.1 Å². The van der Waals surface area contributed by atoms with Gasteiger partial charge in [0.05, 0.1) is 0 Å². The second-order valence-electron chi connectivity index (χ2n) is 4.56. The Kier molecular flexibility index (Phi) is 6.72. The monoisotopic (exact) mass is 312 g/mol. The van der Waals surface area contributed by atoms with E-state index in [1.54, 1.807) is 0 Å². The van der Waals surface area contributed by atoms with Crippen LogP contribution in [0.2, 0.25) is 0 Å². The molecule has 0 radical (unpaired) electrons. The first-order valence-electron chi connectivity index (χ1n) is 6.91. The van der Waals surface area contributed by atoms with Crippen molar-refractivity contribution in [3.8, 4) is 0 Å². The van der Waals surface area contributed by atoms with Gasteiger partial charge in [0.1, 0.15) is 0 Å². The number of anilines is 1. The highest BCUT2D eigenvalue weighted by Crippen LogP contribution is 2.29. The van der Waals surface area contributed by atoms with Crippen LogP contribution in [0, 0.1) is 0 Å². The van der Waals surface area contributed by atoms with Gasteiger partial charge in [0.25, 0.3) is 0 Å². The largest absolute Gasteiger partial charge is 0.372 e. The van der Waals surface area contributed by atoms with Crippen LogP contribution in [0.25, 0.3) is 0 Å². The Morgan fingerprint density at radius 1 is 1.28 bits per heavy atom. The topological polar surface area (TPSA) is 15.3 Å². The first-order chi connectivity index (χ1) is 8.63. The fourth-order valence-corrected chi connectivity index (χ4v) is 2.64. The molecule has 0 aliphatic heterocycles. The zero-order valence-corrected chi connectivity index (χ0v) is 13.5. The molecule has 1 unspecified atom stereocenters. The predicted molar refractivity (Wildman–Crippen MR) is 84.4 cm³/mol. The molecule has 0 aliphatic rings. The Hall–Kier alpha value is -0.540. The number of halogens is 1.